The number of hydrogen-bond donors (Lipinski definition) is 1. The molecule has 0 saturated heterocycles. The van der Waals surface area contributed by atoms with Crippen LogP contribution in [0.2, 0.25) is 0 Å². The van der Waals surface area contributed by atoms with Crippen LogP contribution in [0.1, 0.15) is 32.9 Å². The zero-order valence-electron chi connectivity index (χ0n) is 12.2. The number of aryl methyl sites for hydroxylation is 1. The lowest BCUT2D eigenvalue weighted by Gasteiger charge is -2.13. The fourth-order valence-electron chi connectivity index (χ4n) is 2.20. The van der Waals surface area contributed by atoms with Gasteiger partial charge in [0, 0.05) is 23.8 Å². The Morgan fingerprint density at radius 3 is 2.68 bits per heavy atom. The molecule has 1 aromatic carbocycles. The summed E-state index contributed by atoms with van der Waals surface area (Å²) in [4.78, 5) is 4.70. The van der Waals surface area contributed by atoms with Crippen LogP contribution in [0, 0.1) is 0 Å². The van der Waals surface area contributed by atoms with Gasteiger partial charge in [-0.15, -0.1) is 0 Å². The molecule has 2 rings (SSSR count). The number of aromatic nitrogens is 1. The number of pyridine rings is 1. The number of ether oxygens (including phenoxy) is 1. The van der Waals surface area contributed by atoms with Crippen molar-refractivity contribution in [2.24, 2.45) is 0 Å². The first-order valence-electron chi connectivity index (χ1n) is 6.92. The summed E-state index contributed by atoms with van der Waals surface area (Å²) in [5, 5.41) is 4.37. The van der Waals surface area contributed by atoms with Crippen molar-refractivity contribution in [1.29, 1.82) is 0 Å². The van der Waals surface area contributed by atoms with Gasteiger partial charge < -0.3 is 10.1 Å². The average Bonchev–Trinajstić information content (AvgIpc) is 2.38. The van der Waals surface area contributed by atoms with Gasteiger partial charge in [0.25, 0.3) is 0 Å². The maximum atomic E-state index is 5.74. The minimum atomic E-state index is 0.183. The molecule has 19 heavy (non-hydrogen) atoms. The molecule has 1 N–H and O–H groups in total. The van der Waals surface area contributed by atoms with Crippen LogP contribution in [0.15, 0.2) is 24.3 Å². The van der Waals surface area contributed by atoms with Gasteiger partial charge in [-0.2, -0.15) is 0 Å². The molecule has 0 bridgehead atoms. The second-order valence-electron chi connectivity index (χ2n) is 5.01. The molecule has 0 atom stereocenters. The van der Waals surface area contributed by atoms with Gasteiger partial charge in [0.15, 0.2) is 0 Å². The molecule has 3 heteroatoms. The van der Waals surface area contributed by atoms with E-state index in [0.717, 1.165) is 40.9 Å². The van der Waals surface area contributed by atoms with Gasteiger partial charge in [-0.25, -0.2) is 0 Å². The Morgan fingerprint density at radius 2 is 2.05 bits per heavy atom. The minimum absolute atomic E-state index is 0.183. The first kappa shape index (κ1) is 13.7. The molecule has 3 nitrogen and oxygen atoms in total. The molecule has 0 spiro atoms. The molecule has 0 saturated carbocycles. The molecule has 0 amide bonds. The van der Waals surface area contributed by atoms with Crippen LogP contribution in [-0.2, 0) is 6.42 Å². The molecule has 0 fully saturated rings. The number of rotatable bonds is 5. The zero-order valence-corrected chi connectivity index (χ0v) is 12.2. The predicted molar refractivity (Wildman–Crippen MR) is 81.0 cm³/mol. The maximum absolute atomic E-state index is 5.74. The Morgan fingerprint density at radius 1 is 1.26 bits per heavy atom. The lowest BCUT2D eigenvalue weighted by atomic mass is 10.1. The minimum Gasteiger partial charge on any atom is -0.491 e. The van der Waals surface area contributed by atoms with Gasteiger partial charge in [0.1, 0.15) is 5.75 Å². The summed E-state index contributed by atoms with van der Waals surface area (Å²) in [5.74, 6) is 0.893. The quantitative estimate of drug-likeness (QED) is 0.879. The van der Waals surface area contributed by atoms with E-state index >= 15 is 0 Å². The van der Waals surface area contributed by atoms with E-state index in [1.165, 1.54) is 0 Å². The average molecular weight is 258 g/mol. The Bertz CT molecular complexity index is 564. The first-order valence-corrected chi connectivity index (χ1v) is 6.92. The Hall–Kier alpha value is -1.77. The van der Waals surface area contributed by atoms with Crippen molar-refractivity contribution in [2.75, 3.05) is 12.4 Å². The third-order valence-corrected chi connectivity index (χ3v) is 2.98. The highest BCUT2D eigenvalue weighted by Gasteiger charge is 2.07. The van der Waals surface area contributed by atoms with E-state index in [2.05, 4.69) is 24.4 Å². The summed E-state index contributed by atoms with van der Waals surface area (Å²) in [6.45, 7) is 6.24. The topological polar surface area (TPSA) is 34.1 Å². The van der Waals surface area contributed by atoms with Crippen LogP contribution >= 0.6 is 0 Å². The lowest BCUT2D eigenvalue weighted by molar-refractivity contribution is 0.243. The Balaban J connectivity index is 2.49. The van der Waals surface area contributed by atoms with E-state index in [1.807, 2.05) is 33.0 Å². The third-order valence-electron chi connectivity index (χ3n) is 2.98. The van der Waals surface area contributed by atoms with Crippen molar-refractivity contribution in [3.63, 3.8) is 0 Å². The molecular weight excluding hydrogens is 236 g/mol. The summed E-state index contributed by atoms with van der Waals surface area (Å²) in [6, 6.07) is 8.21. The van der Waals surface area contributed by atoms with E-state index in [-0.39, 0.29) is 6.10 Å². The van der Waals surface area contributed by atoms with Gasteiger partial charge in [-0.3, -0.25) is 4.98 Å². The molecule has 1 heterocycles. The molecule has 102 valence electrons. The predicted octanol–water partition coefficient (Wildman–Crippen LogP) is 4.02. The van der Waals surface area contributed by atoms with Crippen LogP contribution in [0.4, 0.5) is 5.69 Å². The number of benzene rings is 1. The maximum Gasteiger partial charge on any atom is 0.120 e. The third kappa shape index (κ3) is 3.16. The number of nitrogens with one attached hydrogen (secondary N) is 1. The van der Waals surface area contributed by atoms with Crippen LogP contribution in [-0.4, -0.2) is 18.1 Å². The molecule has 1 aromatic heterocycles. The second-order valence-corrected chi connectivity index (χ2v) is 5.01. The Labute approximate surface area is 115 Å². The van der Waals surface area contributed by atoms with E-state index < -0.39 is 0 Å². The van der Waals surface area contributed by atoms with Gasteiger partial charge in [0.2, 0.25) is 0 Å². The molecule has 2 aromatic rings. The monoisotopic (exact) mass is 258 g/mol. The SMILES string of the molecule is CCCc1cc(NC)c2cc(OC(C)C)ccc2n1. The summed E-state index contributed by atoms with van der Waals surface area (Å²) < 4.78 is 5.74. The summed E-state index contributed by atoms with van der Waals surface area (Å²) in [7, 11) is 1.94. The highest BCUT2D eigenvalue weighted by atomic mass is 16.5. The number of hydrogen-bond acceptors (Lipinski definition) is 3. The summed E-state index contributed by atoms with van der Waals surface area (Å²) in [5.41, 5.74) is 3.27. The standard InChI is InChI=1S/C16H22N2O/c1-5-6-12-9-16(17-4)14-10-13(19-11(2)3)7-8-15(14)18-12/h7-11H,5-6H2,1-4H3,(H,17,18). The lowest BCUT2D eigenvalue weighted by Crippen LogP contribution is -2.05. The van der Waals surface area contributed by atoms with Crippen molar-refractivity contribution in [2.45, 2.75) is 39.7 Å². The highest BCUT2D eigenvalue weighted by molar-refractivity contribution is 5.92. The normalized spacial score (nSPS) is 11.0. The van der Waals surface area contributed by atoms with E-state index in [0.29, 0.717) is 0 Å². The smallest absolute Gasteiger partial charge is 0.120 e. The summed E-state index contributed by atoms with van der Waals surface area (Å²) >= 11 is 0. The van der Waals surface area contributed by atoms with Crippen LogP contribution in [0.5, 0.6) is 5.75 Å². The molecule has 0 aliphatic heterocycles. The summed E-state index contributed by atoms with van der Waals surface area (Å²) in [6.07, 6.45) is 2.30. The number of fused-ring (bicyclic) bond motifs is 1. The van der Waals surface area contributed by atoms with Crippen molar-refractivity contribution < 1.29 is 4.74 Å². The van der Waals surface area contributed by atoms with Crippen LogP contribution < -0.4 is 10.1 Å². The number of nitrogens with zero attached hydrogens (tertiary/aromatic N) is 1. The largest absolute Gasteiger partial charge is 0.491 e. The fourth-order valence-corrected chi connectivity index (χ4v) is 2.20. The number of anilines is 1. The van der Waals surface area contributed by atoms with E-state index in [9.17, 15) is 0 Å². The zero-order chi connectivity index (χ0) is 13.8. The fraction of sp³-hybridized carbons (Fsp3) is 0.438. The highest BCUT2D eigenvalue weighted by Crippen LogP contribution is 2.27. The molecule has 0 aliphatic rings. The molecule has 0 unspecified atom stereocenters. The van der Waals surface area contributed by atoms with Crippen molar-refractivity contribution in [3.05, 3.63) is 30.0 Å². The van der Waals surface area contributed by atoms with Gasteiger partial charge >= 0.3 is 0 Å². The molecular formula is C16H22N2O. The van der Waals surface area contributed by atoms with Crippen LogP contribution in [0.25, 0.3) is 10.9 Å². The van der Waals surface area contributed by atoms with Gasteiger partial charge in [-0.05, 0) is 44.5 Å². The second kappa shape index (κ2) is 5.91. The van der Waals surface area contributed by atoms with Crippen molar-refractivity contribution >= 4 is 16.6 Å². The van der Waals surface area contributed by atoms with E-state index in [1.54, 1.807) is 0 Å². The van der Waals surface area contributed by atoms with Gasteiger partial charge in [-0.1, -0.05) is 13.3 Å². The Kier molecular flexibility index (Phi) is 4.25. The molecule has 0 radical (unpaired) electrons. The van der Waals surface area contributed by atoms with E-state index in [4.69, 9.17) is 9.72 Å². The molecule has 0 aliphatic carbocycles. The van der Waals surface area contributed by atoms with Crippen molar-refractivity contribution in [3.8, 4) is 5.75 Å². The first-order chi connectivity index (χ1) is 9.13. The van der Waals surface area contributed by atoms with Crippen LogP contribution in [0.3, 0.4) is 0 Å². The van der Waals surface area contributed by atoms with Gasteiger partial charge in [0.05, 0.1) is 11.6 Å². The van der Waals surface area contributed by atoms with Crippen molar-refractivity contribution in [1.82, 2.24) is 4.98 Å².